The standard InChI is InChI=1S/C21H23F3O7S/c1-13-19(31-20(2,3)29-13)18(25)12-32(26,27)17-10-8-15(9-11-17)28-14-4-6-16(7-5-14)30-21(22,23)24/h4-11,13,18-19,25H,12H2,1-3H3/t13-,18?,19+/m0/s1. The third-order valence-corrected chi connectivity index (χ3v) is 6.37. The van der Waals surface area contributed by atoms with E-state index in [1.54, 1.807) is 20.8 Å². The molecular formula is C21H23F3O7S. The average molecular weight is 476 g/mol. The van der Waals surface area contributed by atoms with Gasteiger partial charge in [0.15, 0.2) is 15.6 Å². The Morgan fingerprint density at radius 1 is 1.00 bits per heavy atom. The van der Waals surface area contributed by atoms with Crippen molar-refractivity contribution in [3.05, 3.63) is 48.5 Å². The van der Waals surface area contributed by atoms with E-state index in [1.165, 1.54) is 36.4 Å². The number of halogens is 3. The van der Waals surface area contributed by atoms with Gasteiger partial charge in [-0.3, -0.25) is 0 Å². The van der Waals surface area contributed by atoms with Crippen molar-refractivity contribution in [3.63, 3.8) is 0 Å². The molecule has 0 aliphatic carbocycles. The number of aliphatic hydroxyl groups excluding tert-OH is 1. The monoisotopic (exact) mass is 476 g/mol. The highest BCUT2D eigenvalue weighted by Gasteiger charge is 2.43. The average Bonchev–Trinajstić information content (AvgIpc) is 2.95. The van der Waals surface area contributed by atoms with Crippen LogP contribution in [0.2, 0.25) is 0 Å². The highest BCUT2D eigenvalue weighted by molar-refractivity contribution is 7.91. The van der Waals surface area contributed by atoms with Gasteiger partial charge in [0.25, 0.3) is 0 Å². The first-order valence-electron chi connectivity index (χ1n) is 9.64. The molecule has 0 bridgehead atoms. The zero-order valence-electron chi connectivity index (χ0n) is 17.5. The first-order chi connectivity index (χ1) is 14.7. The molecule has 2 aromatic rings. The largest absolute Gasteiger partial charge is 0.573 e. The highest BCUT2D eigenvalue weighted by Crippen LogP contribution is 2.31. The minimum absolute atomic E-state index is 0.0244. The number of sulfone groups is 1. The van der Waals surface area contributed by atoms with Gasteiger partial charge in [0, 0.05) is 0 Å². The van der Waals surface area contributed by atoms with Crippen molar-refractivity contribution in [2.24, 2.45) is 0 Å². The second-order valence-electron chi connectivity index (χ2n) is 7.75. The van der Waals surface area contributed by atoms with Crippen LogP contribution in [0.25, 0.3) is 0 Å². The predicted octanol–water partition coefficient (Wildman–Crippen LogP) is 4.05. The lowest BCUT2D eigenvalue weighted by molar-refractivity contribution is -0.274. The summed E-state index contributed by atoms with van der Waals surface area (Å²) >= 11 is 0. The van der Waals surface area contributed by atoms with Crippen LogP contribution in [-0.4, -0.2) is 49.7 Å². The van der Waals surface area contributed by atoms with Gasteiger partial charge in [-0.1, -0.05) is 0 Å². The smallest absolute Gasteiger partial charge is 0.457 e. The van der Waals surface area contributed by atoms with Gasteiger partial charge in [-0.05, 0) is 69.3 Å². The van der Waals surface area contributed by atoms with E-state index in [0.29, 0.717) is 0 Å². The molecule has 0 radical (unpaired) electrons. The second-order valence-corrected chi connectivity index (χ2v) is 9.78. The molecule has 1 unspecified atom stereocenters. The van der Waals surface area contributed by atoms with Crippen LogP contribution >= 0.6 is 0 Å². The molecule has 0 amide bonds. The van der Waals surface area contributed by atoms with E-state index < -0.39 is 46.1 Å². The Labute approximate surface area is 183 Å². The lowest BCUT2D eigenvalue weighted by Gasteiger charge is -2.21. The van der Waals surface area contributed by atoms with Gasteiger partial charge in [0.1, 0.15) is 23.4 Å². The summed E-state index contributed by atoms with van der Waals surface area (Å²) in [6.07, 6.45) is -7.33. The van der Waals surface area contributed by atoms with Crippen LogP contribution in [-0.2, 0) is 19.3 Å². The van der Waals surface area contributed by atoms with E-state index in [-0.39, 0.29) is 22.1 Å². The van der Waals surface area contributed by atoms with Crippen molar-refractivity contribution in [1.82, 2.24) is 0 Å². The molecule has 1 heterocycles. The molecule has 3 atom stereocenters. The Morgan fingerprint density at radius 2 is 1.50 bits per heavy atom. The quantitative estimate of drug-likeness (QED) is 0.645. The molecule has 0 spiro atoms. The van der Waals surface area contributed by atoms with E-state index in [4.69, 9.17) is 14.2 Å². The molecule has 0 aromatic heterocycles. The maximum absolute atomic E-state index is 12.7. The van der Waals surface area contributed by atoms with Gasteiger partial charge in [-0.2, -0.15) is 0 Å². The van der Waals surface area contributed by atoms with Gasteiger partial charge in [0.2, 0.25) is 0 Å². The fourth-order valence-corrected chi connectivity index (χ4v) is 4.72. The normalized spacial score (nSPS) is 21.8. The van der Waals surface area contributed by atoms with E-state index in [0.717, 1.165) is 12.1 Å². The lowest BCUT2D eigenvalue weighted by Crippen LogP contribution is -2.39. The van der Waals surface area contributed by atoms with Crippen LogP contribution < -0.4 is 9.47 Å². The first-order valence-corrected chi connectivity index (χ1v) is 11.3. The van der Waals surface area contributed by atoms with Gasteiger partial charge >= 0.3 is 6.36 Å². The van der Waals surface area contributed by atoms with Crippen molar-refractivity contribution in [3.8, 4) is 17.2 Å². The fourth-order valence-electron chi connectivity index (χ4n) is 3.33. The van der Waals surface area contributed by atoms with Gasteiger partial charge in [-0.25, -0.2) is 8.42 Å². The minimum Gasteiger partial charge on any atom is -0.457 e. The predicted molar refractivity (Wildman–Crippen MR) is 107 cm³/mol. The van der Waals surface area contributed by atoms with E-state index in [2.05, 4.69) is 4.74 Å². The fraction of sp³-hybridized carbons (Fsp3) is 0.429. The maximum atomic E-state index is 12.7. The van der Waals surface area contributed by atoms with Crippen LogP contribution in [0.1, 0.15) is 20.8 Å². The van der Waals surface area contributed by atoms with Gasteiger partial charge in [0.05, 0.1) is 22.9 Å². The van der Waals surface area contributed by atoms with Crippen molar-refractivity contribution < 1.29 is 45.6 Å². The molecule has 1 fully saturated rings. The summed E-state index contributed by atoms with van der Waals surface area (Å²) in [5.41, 5.74) is 0. The van der Waals surface area contributed by atoms with Crippen molar-refractivity contribution >= 4 is 9.84 Å². The molecule has 1 aliphatic heterocycles. The topological polar surface area (TPSA) is 91.3 Å². The summed E-state index contributed by atoms with van der Waals surface area (Å²) in [5, 5.41) is 10.4. The zero-order valence-corrected chi connectivity index (χ0v) is 18.3. The number of benzene rings is 2. The summed E-state index contributed by atoms with van der Waals surface area (Å²) in [6, 6.07) is 10.2. The molecule has 7 nitrogen and oxygen atoms in total. The van der Waals surface area contributed by atoms with Crippen molar-refractivity contribution in [2.75, 3.05) is 5.75 Å². The number of rotatable bonds is 7. The first kappa shape index (κ1) is 24.3. The van der Waals surface area contributed by atoms with E-state index in [9.17, 15) is 26.7 Å². The van der Waals surface area contributed by atoms with E-state index in [1.807, 2.05) is 0 Å². The zero-order chi connectivity index (χ0) is 23.7. The lowest BCUT2D eigenvalue weighted by atomic mass is 10.1. The summed E-state index contributed by atoms with van der Waals surface area (Å²) in [6.45, 7) is 5.06. The Balaban J connectivity index is 1.63. The Morgan fingerprint density at radius 3 is 1.97 bits per heavy atom. The summed E-state index contributed by atoms with van der Waals surface area (Å²) in [7, 11) is -3.83. The Bertz CT molecular complexity index is 1020. The minimum atomic E-state index is -4.79. The Hall–Kier alpha value is -2.34. The van der Waals surface area contributed by atoms with Crippen molar-refractivity contribution in [2.45, 2.75) is 56.1 Å². The molecular weight excluding hydrogens is 453 g/mol. The number of hydrogen-bond donors (Lipinski definition) is 1. The molecule has 32 heavy (non-hydrogen) atoms. The maximum Gasteiger partial charge on any atom is 0.573 e. The van der Waals surface area contributed by atoms with E-state index >= 15 is 0 Å². The Kier molecular flexibility index (Phi) is 6.75. The third kappa shape index (κ3) is 6.35. The molecule has 1 N–H and O–H groups in total. The van der Waals surface area contributed by atoms with Crippen molar-refractivity contribution in [1.29, 1.82) is 0 Å². The SMILES string of the molecule is C[C@@H]1OC(C)(C)O[C@H]1C(O)CS(=O)(=O)c1ccc(Oc2ccc(OC(F)(F)F)cc2)cc1. The molecule has 3 rings (SSSR count). The second kappa shape index (κ2) is 8.89. The third-order valence-electron chi connectivity index (χ3n) is 4.60. The van der Waals surface area contributed by atoms with Crippen LogP contribution in [0.15, 0.2) is 53.4 Å². The molecule has 2 aromatic carbocycles. The van der Waals surface area contributed by atoms with Crippen LogP contribution in [0, 0.1) is 0 Å². The van der Waals surface area contributed by atoms with Gasteiger partial charge in [-0.15, -0.1) is 13.2 Å². The molecule has 0 saturated carbocycles. The number of ether oxygens (including phenoxy) is 4. The number of alkyl halides is 3. The highest BCUT2D eigenvalue weighted by atomic mass is 32.2. The molecule has 11 heteroatoms. The summed E-state index contributed by atoms with van der Waals surface area (Å²) in [4.78, 5) is -0.0244. The van der Waals surface area contributed by atoms with Crippen LogP contribution in [0.3, 0.4) is 0 Å². The van der Waals surface area contributed by atoms with Crippen LogP contribution in [0.4, 0.5) is 13.2 Å². The number of aliphatic hydroxyl groups is 1. The van der Waals surface area contributed by atoms with Gasteiger partial charge < -0.3 is 24.1 Å². The molecule has 1 saturated heterocycles. The molecule has 176 valence electrons. The summed E-state index contributed by atoms with van der Waals surface area (Å²) in [5.74, 6) is -1.34. The van der Waals surface area contributed by atoms with Crippen LogP contribution in [0.5, 0.6) is 17.2 Å². The summed E-state index contributed by atoms with van der Waals surface area (Å²) < 4.78 is 82.5. The molecule has 1 aliphatic rings. The number of hydrogen-bond acceptors (Lipinski definition) is 7.